The van der Waals surface area contributed by atoms with Crippen molar-refractivity contribution in [2.75, 3.05) is 0 Å². The summed E-state index contributed by atoms with van der Waals surface area (Å²) in [6, 6.07) is 9.36. The highest BCUT2D eigenvalue weighted by molar-refractivity contribution is 5.94. The van der Waals surface area contributed by atoms with Gasteiger partial charge in [0.1, 0.15) is 0 Å². The number of benzene rings is 2. The zero-order valence-electron chi connectivity index (χ0n) is 12.0. The molecule has 0 saturated carbocycles. The van der Waals surface area contributed by atoms with Gasteiger partial charge >= 0.3 is 5.97 Å². The van der Waals surface area contributed by atoms with Gasteiger partial charge in [-0.05, 0) is 24.3 Å². The summed E-state index contributed by atoms with van der Waals surface area (Å²) < 4.78 is 0. The molecule has 0 unspecified atom stereocenters. The second-order valence-electron chi connectivity index (χ2n) is 5.02. The fourth-order valence-electron chi connectivity index (χ4n) is 2.45. The van der Waals surface area contributed by atoms with Crippen molar-refractivity contribution in [2.45, 2.75) is 0 Å². The predicted octanol–water partition coefficient (Wildman–Crippen LogP) is 2.51. The van der Waals surface area contributed by atoms with Gasteiger partial charge in [0.2, 0.25) is 5.43 Å². The zero-order chi connectivity index (χ0) is 17.4. The summed E-state index contributed by atoms with van der Waals surface area (Å²) in [5.74, 6) is -1.85. The number of fused-ring (bicyclic) bond motifs is 1. The van der Waals surface area contributed by atoms with E-state index in [-0.39, 0.29) is 33.4 Å². The van der Waals surface area contributed by atoms with Crippen molar-refractivity contribution >= 4 is 22.6 Å². The van der Waals surface area contributed by atoms with Crippen LogP contribution in [0.1, 0.15) is 10.4 Å². The van der Waals surface area contributed by atoms with Gasteiger partial charge in [-0.2, -0.15) is 0 Å². The average molecular weight is 326 g/mol. The van der Waals surface area contributed by atoms with Gasteiger partial charge in [0, 0.05) is 11.5 Å². The number of hydrogen-bond donors (Lipinski definition) is 3. The number of aromatic amines is 1. The van der Waals surface area contributed by atoms with Gasteiger partial charge in [0.15, 0.2) is 5.75 Å². The van der Waals surface area contributed by atoms with E-state index in [1.807, 2.05) is 0 Å². The number of nitro groups is 1. The number of carboxylic acid groups (broad SMARTS) is 1. The third kappa shape index (κ3) is 2.35. The lowest BCUT2D eigenvalue weighted by atomic mass is 10.0. The number of pyridine rings is 1. The fraction of sp³-hybridized carbons (Fsp3) is 0. The average Bonchev–Trinajstić information content (AvgIpc) is 2.57. The highest BCUT2D eigenvalue weighted by Gasteiger charge is 2.21. The summed E-state index contributed by atoms with van der Waals surface area (Å²) in [5, 5.41) is 30.4. The quantitative estimate of drug-likeness (QED) is 0.500. The normalized spacial score (nSPS) is 10.7. The van der Waals surface area contributed by atoms with Crippen molar-refractivity contribution in [3.63, 3.8) is 0 Å². The predicted molar refractivity (Wildman–Crippen MR) is 85.3 cm³/mol. The van der Waals surface area contributed by atoms with E-state index in [4.69, 9.17) is 5.11 Å². The summed E-state index contributed by atoms with van der Waals surface area (Å²) in [7, 11) is 0. The van der Waals surface area contributed by atoms with E-state index in [1.165, 1.54) is 42.5 Å². The van der Waals surface area contributed by atoms with Crippen LogP contribution in [0, 0.1) is 10.1 Å². The van der Waals surface area contributed by atoms with E-state index < -0.39 is 22.1 Å². The molecule has 3 N–H and O–H groups in total. The van der Waals surface area contributed by atoms with Gasteiger partial charge in [-0.3, -0.25) is 14.9 Å². The lowest BCUT2D eigenvalue weighted by Crippen LogP contribution is -2.07. The van der Waals surface area contributed by atoms with E-state index >= 15 is 0 Å². The Kier molecular flexibility index (Phi) is 3.49. The van der Waals surface area contributed by atoms with Crippen molar-refractivity contribution in [3.05, 3.63) is 68.4 Å². The smallest absolute Gasteiger partial charge is 0.335 e. The standard InChI is InChI=1S/C16H10N2O6/c19-14-9-6-5-8(16(21)22)7-11(9)17-13(15(14)20)10-3-1-2-4-12(10)18(23)24/h1-7,20H,(H,17,19)(H,21,22). The monoisotopic (exact) mass is 326 g/mol. The molecular weight excluding hydrogens is 316 g/mol. The summed E-state index contributed by atoms with van der Waals surface area (Å²) in [6.45, 7) is 0. The summed E-state index contributed by atoms with van der Waals surface area (Å²) in [5.41, 5.74) is -1.05. The number of para-hydroxylation sites is 1. The van der Waals surface area contributed by atoms with Crippen LogP contribution in [0.15, 0.2) is 47.3 Å². The van der Waals surface area contributed by atoms with Gasteiger partial charge in [-0.25, -0.2) is 4.79 Å². The lowest BCUT2D eigenvalue weighted by molar-refractivity contribution is -0.384. The molecule has 8 nitrogen and oxygen atoms in total. The first-order valence-corrected chi connectivity index (χ1v) is 6.76. The maximum atomic E-state index is 12.3. The molecule has 3 aromatic rings. The minimum Gasteiger partial charge on any atom is -0.503 e. The molecule has 0 aliphatic carbocycles. The molecule has 8 heteroatoms. The van der Waals surface area contributed by atoms with Crippen molar-refractivity contribution in [1.29, 1.82) is 0 Å². The number of nitrogens with one attached hydrogen (secondary N) is 1. The largest absolute Gasteiger partial charge is 0.503 e. The van der Waals surface area contributed by atoms with E-state index in [0.717, 1.165) is 0 Å². The topological polar surface area (TPSA) is 134 Å². The van der Waals surface area contributed by atoms with Gasteiger partial charge in [-0.15, -0.1) is 0 Å². The maximum absolute atomic E-state index is 12.3. The Labute approximate surface area is 133 Å². The van der Waals surface area contributed by atoms with Crippen LogP contribution in [0.3, 0.4) is 0 Å². The van der Waals surface area contributed by atoms with Crippen molar-refractivity contribution in [3.8, 4) is 17.0 Å². The molecule has 1 heterocycles. The molecule has 0 bridgehead atoms. The van der Waals surface area contributed by atoms with E-state index in [0.29, 0.717) is 0 Å². The molecule has 24 heavy (non-hydrogen) atoms. The highest BCUT2D eigenvalue weighted by atomic mass is 16.6. The first-order chi connectivity index (χ1) is 11.4. The third-order valence-electron chi connectivity index (χ3n) is 3.59. The number of carbonyl (C=O) groups is 1. The summed E-state index contributed by atoms with van der Waals surface area (Å²) >= 11 is 0. The zero-order valence-corrected chi connectivity index (χ0v) is 12.0. The van der Waals surface area contributed by atoms with Crippen LogP contribution in [-0.2, 0) is 0 Å². The Balaban J connectivity index is 2.37. The van der Waals surface area contributed by atoms with Crippen LogP contribution in [-0.4, -0.2) is 26.1 Å². The molecule has 120 valence electrons. The number of nitrogens with zero attached hydrogens (tertiary/aromatic N) is 1. The number of hydrogen-bond acceptors (Lipinski definition) is 5. The highest BCUT2D eigenvalue weighted by Crippen LogP contribution is 2.33. The number of nitro benzene ring substituents is 1. The van der Waals surface area contributed by atoms with E-state index in [1.54, 1.807) is 0 Å². The number of aromatic nitrogens is 1. The van der Waals surface area contributed by atoms with Crippen molar-refractivity contribution in [2.24, 2.45) is 0 Å². The Morgan fingerprint density at radius 2 is 1.88 bits per heavy atom. The summed E-state index contributed by atoms with van der Waals surface area (Å²) in [6.07, 6.45) is 0. The molecule has 0 atom stereocenters. The molecule has 0 amide bonds. The minimum absolute atomic E-state index is 0.0275. The van der Waals surface area contributed by atoms with Crippen molar-refractivity contribution in [1.82, 2.24) is 4.98 Å². The van der Waals surface area contributed by atoms with E-state index in [9.17, 15) is 24.8 Å². The molecular formula is C16H10N2O6. The van der Waals surface area contributed by atoms with E-state index in [2.05, 4.69) is 4.98 Å². The molecule has 0 aliphatic heterocycles. The number of aromatic hydroxyl groups is 1. The maximum Gasteiger partial charge on any atom is 0.335 e. The molecule has 1 aromatic heterocycles. The Hall–Kier alpha value is -3.68. The number of aromatic carboxylic acids is 1. The van der Waals surface area contributed by atoms with Crippen LogP contribution in [0.5, 0.6) is 5.75 Å². The fourth-order valence-corrected chi connectivity index (χ4v) is 2.45. The SMILES string of the molecule is O=C(O)c1ccc2c(=O)c(O)c(-c3ccccc3[N+](=O)[O-])[nH]c2c1. The first-order valence-electron chi connectivity index (χ1n) is 6.76. The second-order valence-corrected chi connectivity index (χ2v) is 5.02. The van der Waals surface area contributed by atoms with Crippen LogP contribution >= 0.6 is 0 Å². The Morgan fingerprint density at radius 1 is 1.17 bits per heavy atom. The molecule has 0 saturated heterocycles. The first kappa shape index (κ1) is 15.2. The summed E-state index contributed by atoms with van der Waals surface area (Å²) in [4.78, 5) is 36.6. The lowest BCUT2D eigenvalue weighted by Gasteiger charge is -2.08. The number of carboxylic acids is 1. The minimum atomic E-state index is -1.18. The van der Waals surface area contributed by atoms with Crippen LogP contribution in [0.2, 0.25) is 0 Å². The van der Waals surface area contributed by atoms with Crippen LogP contribution in [0.25, 0.3) is 22.2 Å². The van der Waals surface area contributed by atoms with Crippen LogP contribution in [0.4, 0.5) is 5.69 Å². The Bertz CT molecular complexity index is 1050. The Morgan fingerprint density at radius 3 is 2.54 bits per heavy atom. The van der Waals surface area contributed by atoms with Crippen molar-refractivity contribution < 1.29 is 19.9 Å². The number of H-pyrrole nitrogens is 1. The molecule has 0 fully saturated rings. The van der Waals surface area contributed by atoms with Crippen LogP contribution < -0.4 is 5.43 Å². The van der Waals surface area contributed by atoms with Gasteiger partial charge in [0.25, 0.3) is 5.69 Å². The second kappa shape index (κ2) is 5.51. The number of rotatable bonds is 3. The molecule has 0 radical (unpaired) electrons. The molecule has 3 rings (SSSR count). The molecule has 2 aromatic carbocycles. The van der Waals surface area contributed by atoms with Gasteiger partial charge < -0.3 is 15.2 Å². The molecule has 0 aliphatic rings. The molecule has 0 spiro atoms. The van der Waals surface area contributed by atoms with Gasteiger partial charge in [-0.1, -0.05) is 12.1 Å². The third-order valence-corrected chi connectivity index (χ3v) is 3.59. The van der Waals surface area contributed by atoms with Gasteiger partial charge in [0.05, 0.1) is 27.3 Å².